The summed E-state index contributed by atoms with van der Waals surface area (Å²) in [5.41, 5.74) is 0. The molecule has 1 aliphatic heterocycles. The van der Waals surface area contributed by atoms with Gasteiger partial charge in [-0.05, 0) is 44.2 Å². The molecule has 0 spiro atoms. The van der Waals surface area contributed by atoms with Gasteiger partial charge in [-0.2, -0.15) is 16.7 Å². The van der Waals surface area contributed by atoms with Crippen molar-refractivity contribution in [2.45, 2.75) is 38.6 Å². The summed E-state index contributed by atoms with van der Waals surface area (Å²) >= 11 is 2.05. The summed E-state index contributed by atoms with van der Waals surface area (Å²) in [6.45, 7) is 2.11. The minimum atomic E-state index is 0.383. The average Bonchev–Trinajstić information content (AvgIpc) is 2.77. The Hall–Kier alpha value is -0.550. The van der Waals surface area contributed by atoms with E-state index < -0.39 is 0 Å². The average molecular weight is 255 g/mol. The Balaban J connectivity index is 1.84. The van der Waals surface area contributed by atoms with Crippen LogP contribution in [0.4, 0.5) is 0 Å². The van der Waals surface area contributed by atoms with Crippen molar-refractivity contribution in [1.82, 2.24) is 15.5 Å². The van der Waals surface area contributed by atoms with Crippen LogP contribution in [0, 0.1) is 5.92 Å². The van der Waals surface area contributed by atoms with E-state index in [4.69, 9.17) is 4.52 Å². The highest BCUT2D eigenvalue weighted by Crippen LogP contribution is 2.24. The van der Waals surface area contributed by atoms with Gasteiger partial charge >= 0.3 is 0 Å². The molecule has 0 aliphatic carbocycles. The third kappa shape index (κ3) is 4.00. The fourth-order valence-corrected chi connectivity index (χ4v) is 3.20. The van der Waals surface area contributed by atoms with Crippen molar-refractivity contribution < 1.29 is 4.52 Å². The van der Waals surface area contributed by atoms with Crippen LogP contribution in [0.15, 0.2) is 4.52 Å². The maximum absolute atomic E-state index is 5.27. The fraction of sp³-hybridized carbons (Fsp3) is 0.833. The van der Waals surface area contributed by atoms with Crippen molar-refractivity contribution in [2.24, 2.45) is 5.92 Å². The van der Waals surface area contributed by atoms with E-state index in [2.05, 4.69) is 22.4 Å². The van der Waals surface area contributed by atoms with Crippen molar-refractivity contribution >= 4 is 11.8 Å². The first-order valence-electron chi connectivity index (χ1n) is 6.34. The Morgan fingerprint density at radius 2 is 2.47 bits per heavy atom. The van der Waals surface area contributed by atoms with Gasteiger partial charge in [0.2, 0.25) is 5.89 Å². The molecule has 2 rings (SSSR count). The Morgan fingerprint density at radius 1 is 1.59 bits per heavy atom. The predicted octanol–water partition coefficient (Wildman–Crippen LogP) is 1.91. The van der Waals surface area contributed by atoms with Crippen LogP contribution in [0.25, 0.3) is 0 Å². The second-order valence-corrected chi connectivity index (χ2v) is 5.94. The molecule has 1 saturated heterocycles. The molecule has 1 N–H and O–H groups in total. The van der Waals surface area contributed by atoms with Crippen LogP contribution in [0.1, 0.15) is 31.5 Å². The van der Waals surface area contributed by atoms with Gasteiger partial charge in [0.25, 0.3) is 0 Å². The van der Waals surface area contributed by atoms with Crippen LogP contribution in [0.5, 0.6) is 0 Å². The third-order valence-corrected chi connectivity index (χ3v) is 4.49. The molecule has 0 saturated carbocycles. The van der Waals surface area contributed by atoms with E-state index in [1.165, 1.54) is 24.3 Å². The summed E-state index contributed by atoms with van der Waals surface area (Å²) in [5, 5.41) is 7.25. The molecule has 4 nitrogen and oxygen atoms in total. The number of hydrogen-bond donors (Lipinski definition) is 1. The molecule has 2 heterocycles. The van der Waals surface area contributed by atoms with Crippen LogP contribution in [-0.4, -0.2) is 34.7 Å². The number of aromatic nitrogens is 2. The Kier molecular flexibility index (Phi) is 4.86. The minimum Gasteiger partial charge on any atom is -0.339 e. The molecular weight excluding hydrogens is 234 g/mol. The van der Waals surface area contributed by atoms with Gasteiger partial charge in [0.15, 0.2) is 5.82 Å². The van der Waals surface area contributed by atoms with E-state index in [1.54, 1.807) is 0 Å². The monoisotopic (exact) mass is 255 g/mol. The lowest BCUT2D eigenvalue weighted by atomic mass is 10.0. The molecule has 1 aromatic rings. The molecule has 1 aliphatic rings. The van der Waals surface area contributed by atoms with Crippen molar-refractivity contribution in [2.75, 3.05) is 18.6 Å². The number of nitrogens with one attached hydrogen (secondary N) is 1. The second-order valence-electron chi connectivity index (χ2n) is 4.79. The zero-order valence-electron chi connectivity index (χ0n) is 10.6. The number of likely N-dealkylation sites (N-methyl/N-ethyl adjacent to an activating group) is 1. The molecule has 0 amide bonds. The largest absolute Gasteiger partial charge is 0.339 e. The lowest BCUT2D eigenvalue weighted by Crippen LogP contribution is -2.23. The second kappa shape index (κ2) is 6.40. The predicted molar refractivity (Wildman–Crippen MR) is 70.3 cm³/mol. The molecule has 2 unspecified atom stereocenters. The molecular formula is C12H21N3OS. The van der Waals surface area contributed by atoms with Crippen LogP contribution in [-0.2, 0) is 12.8 Å². The summed E-state index contributed by atoms with van der Waals surface area (Å²) in [6, 6.07) is 0.383. The SMILES string of the molecule is CNC(C)Cc1nc(CC2CCCSC2)no1. The van der Waals surface area contributed by atoms with Crippen molar-refractivity contribution in [3.8, 4) is 0 Å². The highest BCUT2D eigenvalue weighted by atomic mass is 32.2. The van der Waals surface area contributed by atoms with Gasteiger partial charge in [-0.25, -0.2) is 0 Å². The zero-order chi connectivity index (χ0) is 12.1. The first-order valence-corrected chi connectivity index (χ1v) is 7.50. The molecule has 1 aromatic heterocycles. The molecule has 2 atom stereocenters. The number of thioether (sulfide) groups is 1. The summed E-state index contributed by atoms with van der Waals surface area (Å²) in [5.74, 6) is 4.94. The van der Waals surface area contributed by atoms with E-state index in [0.29, 0.717) is 6.04 Å². The van der Waals surface area contributed by atoms with Gasteiger partial charge in [0.1, 0.15) is 0 Å². The van der Waals surface area contributed by atoms with Gasteiger partial charge < -0.3 is 9.84 Å². The lowest BCUT2D eigenvalue weighted by molar-refractivity contribution is 0.357. The van der Waals surface area contributed by atoms with Crippen LogP contribution in [0.2, 0.25) is 0 Å². The van der Waals surface area contributed by atoms with Gasteiger partial charge in [-0.1, -0.05) is 5.16 Å². The zero-order valence-corrected chi connectivity index (χ0v) is 11.4. The van der Waals surface area contributed by atoms with Crippen LogP contribution in [0.3, 0.4) is 0 Å². The van der Waals surface area contributed by atoms with Crippen LogP contribution < -0.4 is 5.32 Å². The molecule has 5 heteroatoms. The van der Waals surface area contributed by atoms with Crippen molar-refractivity contribution in [3.05, 3.63) is 11.7 Å². The van der Waals surface area contributed by atoms with Crippen molar-refractivity contribution in [3.63, 3.8) is 0 Å². The molecule has 17 heavy (non-hydrogen) atoms. The molecule has 0 bridgehead atoms. The Morgan fingerprint density at radius 3 is 3.18 bits per heavy atom. The maximum Gasteiger partial charge on any atom is 0.228 e. The highest BCUT2D eigenvalue weighted by molar-refractivity contribution is 7.99. The van der Waals surface area contributed by atoms with E-state index in [1.807, 2.05) is 18.8 Å². The van der Waals surface area contributed by atoms with Crippen LogP contribution >= 0.6 is 11.8 Å². The number of hydrogen-bond acceptors (Lipinski definition) is 5. The molecule has 0 aromatic carbocycles. The summed E-state index contributed by atoms with van der Waals surface area (Å²) in [4.78, 5) is 4.47. The summed E-state index contributed by atoms with van der Waals surface area (Å²) in [6.07, 6.45) is 4.42. The maximum atomic E-state index is 5.27. The Bertz CT molecular complexity index is 336. The molecule has 0 radical (unpaired) electrons. The molecule has 96 valence electrons. The minimum absolute atomic E-state index is 0.383. The highest BCUT2D eigenvalue weighted by Gasteiger charge is 2.17. The van der Waals surface area contributed by atoms with Gasteiger partial charge in [-0.3, -0.25) is 0 Å². The van der Waals surface area contributed by atoms with E-state index in [9.17, 15) is 0 Å². The van der Waals surface area contributed by atoms with Gasteiger partial charge in [0, 0.05) is 18.9 Å². The summed E-state index contributed by atoms with van der Waals surface area (Å²) < 4.78 is 5.27. The van der Waals surface area contributed by atoms with E-state index >= 15 is 0 Å². The molecule has 1 fully saturated rings. The van der Waals surface area contributed by atoms with Crippen molar-refractivity contribution in [1.29, 1.82) is 0 Å². The van der Waals surface area contributed by atoms with Gasteiger partial charge in [-0.15, -0.1) is 0 Å². The van der Waals surface area contributed by atoms with E-state index in [-0.39, 0.29) is 0 Å². The lowest BCUT2D eigenvalue weighted by Gasteiger charge is -2.19. The first kappa shape index (κ1) is 12.9. The fourth-order valence-electron chi connectivity index (χ4n) is 2.05. The van der Waals surface area contributed by atoms with E-state index in [0.717, 1.165) is 30.5 Å². The summed E-state index contributed by atoms with van der Waals surface area (Å²) in [7, 11) is 1.95. The smallest absolute Gasteiger partial charge is 0.228 e. The van der Waals surface area contributed by atoms with Gasteiger partial charge in [0.05, 0.1) is 0 Å². The number of nitrogens with zero attached hydrogens (tertiary/aromatic N) is 2. The Labute approximate surface area is 107 Å². The quantitative estimate of drug-likeness (QED) is 0.871. The third-order valence-electron chi connectivity index (χ3n) is 3.21. The first-order chi connectivity index (χ1) is 8.28. The number of rotatable bonds is 5. The topological polar surface area (TPSA) is 51.0 Å². The normalized spacial score (nSPS) is 22.6. The standard InChI is InChI=1S/C12H21N3OS/c1-9(13-2)6-12-14-11(15-16-12)7-10-4-3-5-17-8-10/h9-10,13H,3-8H2,1-2H3.